The lowest BCUT2D eigenvalue weighted by Crippen LogP contribution is -2.50. The van der Waals surface area contributed by atoms with Gasteiger partial charge in [-0.1, -0.05) is 67.6 Å². The Morgan fingerprint density at radius 3 is 2.17 bits per heavy atom. The van der Waals surface area contributed by atoms with Gasteiger partial charge in [-0.25, -0.2) is 4.79 Å². The van der Waals surface area contributed by atoms with Crippen molar-refractivity contribution in [3.05, 3.63) is 71.8 Å². The molecule has 0 aliphatic carbocycles. The standard InChI is InChI=1S/C24H30N2O3/c1-2-22(27)26(23(24(28)29)20-11-7-4-8-12-20)21-14-17-25(18-15-21)16-13-19-9-5-3-6-10-19/h3-12,21,23H,2,13-18H2,1H3,(H,28,29). The highest BCUT2D eigenvalue weighted by Gasteiger charge is 2.36. The van der Waals surface area contributed by atoms with Crippen LogP contribution in [0.4, 0.5) is 0 Å². The third kappa shape index (κ3) is 5.45. The van der Waals surface area contributed by atoms with Gasteiger partial charge >= 0.3 is 5.97 Å². The Bertz CT molecular complexity index is 786. The molecule has 0 aromatic heterocycles. The summed E-state index contributed by atoms with van der Waals surface area (Å²) in [6.07, 6.45) is 2.92. The zero-order chi connectivity index (χ0) is 20.6. The van der Waals surface area contributed by atoms with Gasteiger partial charge in [-0.3, -0.25) is 4.79 Å². The molecule has 1 unspecified atom stereocenters. The number of nitrogens with zero attached hydrogens (tertiary/aromatic N) is 2. The predicted molar refractivity (Wildman–Crippen MR) is 114 cm³/mol. The second-order valence-electron chi connectivity index (χ2n) is 7.61. The molecule has 5 nitrogen and oxygen atoms in total. The summed E-state index contributed by atoms with van der Waals surface area (Å²) < 4.78 is 0. The molecule has 154 valence electrons. The van der Waals surface area contributed by atoms with E-state index in [1.807, 2.05) is 24.3 Å². The number of carboxylic acids is 1. The number of rotatable bonds is 8. The molecular weight excluding hydrogens is 364 g/mol. The highest BCUT2D eigenvalue weighted by molar-refractivity contribution is 5.84. The van der Waals surface area contributed by atoms with Gasteiger partial charge in [0, 0.05) is 32.1 Å². The van der Waals surface area contributed by atoms with Crippen LogP contribution >= 0.6 is 0 Å². The van der Waals surface area contributed by atoms with Crippen molar-refractivity contribution in [2.45, 2.75) is 44.7 Å². The molecule has 0 radical (unpaired) electrons. The van der Waals surface area contributed by atoms with Crippen LogP contribution < -0.4 is 0 Å². The van der Waals surface area contributed by atoms with E-state index in [0.717, 1.165) is 38.9 Å². The molecule has 1 aliphatic heterocycles. The molecular formula is C24H30N2O3. The second-order valence-corrected chi connectivity index (χ2v) is 7.61. The molecule has 2 aromatic rings. The maximum Gasteiger partial charge on any atom is 0.331 e. The summed E-state index contributed by atoms with van der Waals surface area (Å²) in [5.41, 5.74) is 1.99. The van der Waals surface area contributed by atoms with Gasteiger partial charge in [0.2, 0.25) is 5.91 Å². The Hall–Kier alpha value is -2.66. The number of aliphatic carboxylic acids is 1. The summed E-state index contributed by atoms with van der Waals surface area (Å²) >= 11 is 0. The molecule has 2 aromatic carbocycles. The van der Waals surface area contributed by atoms with E-state index in [-0.39, 0.29) is 11.9 Å². The molecule has 1 aliphatic rings. The number of hydrogen-bond donors (Lipinski definition) is 1. The number of hydrogen-bond acceptors (Lipinski definition) is 3. The third-order valence-corrected chi connectivity index (χ3v) is 5.73. The van der Waals surface area contributed by atoms with Crippen molar-refractivity contribution in [2.24, 2.45) is 0 Å². The van der Waals surface area contributed by atoms with Gasteiger partial charge in [0.25, 0.3) is 0 Å². The van der Waals surface area contributed by atoms with Gasteiger partial charge in [-0.2, -0.15) is 0 Å². The SMILES string of the molecule is CCC(=O)N(C1CCN(CCc2ccccc2)CC1)C(C(=O)O)c1ccccc1. The summed E-state index contributed by atoms with van der Waals surface area (Å²) in [4.78, 5) is 28.9. The summed E-state index contributed by atoms with van der Waals surface area (Å²) in [6, 6.07) is 18.6. The van der Waals surface area contributed by atoms with E-state index in [1.165, 1.54) is 5.56 Å². The molecule has 1 atom stereocenters. The highest BCUT2D eigenvalue weighted by atomic mass is 16.4. The number of carboxylic acid groups (broad SMARTS) is 1. The maximum absolute atomic E-state index is 12.8. The first-order valence-corrected chi connectivity index (χ1v) is 10.4. The quantitative estimate of drug-likeness (QED) is 0.741. The molecule has 0 bridgehead atoms. The van der Waals surface area contributed by atoms with E-state index in [0.29, 0.717) is 12.0 Å². The van der Waals surface area contributed by atoms with Gasteiger partial charge in [0.15, 0.2) is 6.04 Å². The Kier molecular flexibility index (Phi) is 7.42. The molecule has 1 amide bonds. The van der Waals surface area contributed by atoms with Crippen molar-refractivity contribution in [3.63, 3.8) is 0 Å². The molecule has 0 saturated carbocycles. The molecule has 5 heteroatoms. The molecule has 3 rings (SSSR count). The van der Waals surface area contributed by atoms with Crippen LogP contribution in [0.3, 0.4) is 0 Å². The van der Waals surface area contributed by atoms with E-state index in [2.05, 4.69) is 29.2 Å². The van der Waals surface area contributed by atoms with Crippen LogP contribution in [0.15, 0.2) is 60.7 Å². The first-order chi connectivity index (χ1) is 14.1. The summed E-state index contributed by atoms with van der Waals surface area (Å²) in [6.45, 7) is 4.55. The average molecular weight is 395 g/mol. The summed E-state index contributed by atoms with van der Waals surface area (Å²) in [5, 5.41) is 9.93. The highest BCUT2D eigenvalue weighted by Crippen LogP contribution is 2.29. The largest absolute Gasteiger partial charge is 0.479 e. The fourth-order valence-corrected chi connectivity index (χ4v) is 4.15. The first-order valence-electron chi connectivity index (χ1n) is 10.4. The van der Waals surface area contributed by atoms with Crippen molar-refractivity contribution < 1.29 is 14.7 Å². The van der Waals surface area contributed by atoms with Crippen molar-refractivity contribution in [1.29, 1.82) is 0 Å². The van der Waals surface area contributed by atoms with Crippen molar-refractivity contribution in [3.8, 4) is 0 Å². The van der Waals surface area contributed by atoms with Crippen LogP contribution in [0, 0.1) is 0 Å². The Balaban J connectivity index is 1.67. The molecule has 29 heavy (non-hydrogen) atoms. The van der Waals surface area contributed by atoms with Crippen molar-refractivity contribution in [2.75, 3.05) is 19.6 Å². The number of amides is 1. The van der Waals surface area contributed by atoms with E-state index in [9.17, 15) is 14.7 Å². The van der Waals surface area contributed by atoms with E-state index >= 15 is 0 Å². The van der Waals surface area contributed by atoms with Crippen LogP contribution in [-0.4, -0.2) is 52.5 Å². The van der Waals surface area contributed by atoms with Crippen LogP contribution in [-0.2, 0) is 16.0 Å². The van der Waals surface area contributed by atoms with E-state index in [4.69, 9.17) is 0 Å². The molecule has 1 N–H and O–H groups in total. The molecule has 1 heterocycles. The monoisotopic (exact) mass is 394 g/mol. The zero-order valence-corrected chi connectivity index (χ0v) is 17.0. The minimum Gasteiger partial charge on any atom is -0.479 e. The second kappa shape index (κ2) is 10.2. The third-order valence-electron chi connectivity index (χ3n) is 5.73. The van der Waals surface area contributed by atoms with Gasteiger partial charge < -0.3 is 14.9 Å². The average Bonchev–Trinajstić information content (AvgIpc) is 2.77. The fraction of sp³-hybridized carbons (Fsp3) is 0.417. The van der Waals surface area contributed by atoms with Crippen LogP contribution in [0.1, 0.15) is 43.4 Å². The van der Waals surface area contributed by atoms with Gasteiger partial charge in [0.05, 0.1) is 0 Å². The zero-order valence-electron chi connectivity index (χ0n) is 17.0. The number of carbonyl (C=O) groups is 2. The number of carbonyl (C=O) groups excluding carboxylic acids is 1. The number of piperidine rings is 1. The summed E-state index contributed by atoms with van der Waals surface area (Å²) in [7, 11) is 0. The van der Waals surface area contributed by atoms with Crippen LogP contribution in [0.2, 0.25) is 0 Å². The molecule has 1 fully saturated rings. The van der Waals surface area contributed by atoms with Gasteiger partial charge in [-0.15, -0.1) is 0 Å². The van der Waals surface area contributed by atoms with Gasteiger partial charge in [-0.05, 0) is 30.4 Å². The van der Waals surface area contributed by atoms with Gasteiger partial charge in [0.1, 0.15) is 0 Å². The lowest BCUT2D eigenvalue weighted by molar-refractivity contribution is -0.153. The van der Waals surface area contributed by atoms with Crippen LogP contribution in [0.25, 0.3) is 0 Å². The number of likely N-dealkylation sites (tertiary alicyclic amines) is 1. The Morgan fingerprint density at radius 2 is 1.62 bits per heavy atom. The molecule has 1 saturated heterocycles. The fourth-order valence-electron chi connectivity index (χ4n) is 4.15. The topological polar surface area (TPSA) is 60.9 Å². The lowest BCUT2D eigenvalue weighted by Gasteiger charge is -2.41. The molecule has 0 spiro atoms. The number of benzene rings is 2. The Labute approximate surface area is 172 Å². The normalized spacial score (nSPS) is 16.3. The first kappa shape index (κ1) is 21.1. The Morgan fingerprint density at radius 1 is 1.03 bits per heavy atom. The smallest absolute Gasteiger partial charge is 0.331 e. The minimum atomic E-state index is -0.968. The van der Waals surface area contributed by atoms with Crippen molar-refractivity contribution in [1.82, 2.24) is 9.80 Å². The van der Waals surface area contributed by atoms with Crippen molar-refractivity contribution >= 4 is 11.9 Å². The van der Waals surface area contributed by atoms with Crippen LogP contribution in [0.5, 0.6) is 0 Å². The van der Waals surface area contributed by atoms with E-state index in [1.54, 1.807) is 24.0 Å². The maximum atomic E-state index is 12.8. The predicted octanol–water partition coefficient (Wildman–Crippen LogP) is 3.76. The minimum absolute atomic E-state index is 0.0447. The van der Waals surface area contributed by atoms with E-state index < -0.39 is 12.0 Å². The summed E-state index contributed by atoms with van der Waals surface area (Å²) in [5.74, 6) is -1.06. The lowest BCUT2D eigenvalue weighted by atomic mass is 9.96.